The number of anilines is 1. The molecule has 2 aromatic heterocycles. The molecule has 180 valence electrons. The van der Waals surface area contributed by atoms with Crippen molar-refractivity contribution >= 4 is 16.7 Å². The number of aromatic nitrogens is 3. The molecule has 1 aliphatic carbocycles. The van der Waals surface area contributed by atoms with E-state index in [1.807, 2.05) is 12.1 Å². The fourth-order valence-electron chi connectivity index (χ4n) is 5.22. The zero-order valence-corrected chi connectivity index (χ0v) is 19.9. The topological polar surface area (TPSA) is 89.5 Å². The number of methoxy groups -OCH3 is 1. The summed E-state index contributed by atoms with van der Waals surface area (Å²) in [6.45, 7) is 5.09. The van der Waals surface area contributed by atoms with Crippen molar-refractivity contribution in [1.82, 2.24) is 19.5 Å². The van der Waals surface area contributed by atoms with Crippen molar-refractivity contribution in [2.24, 2.45) is 0 Å². The highest BCUT2D eigenvalue weighted by molar-refractivity contribution is 5.80. The number of benzene rings is 1. The molecular formula is C26H34N6O2. The summed E-state index contributed by atoms with van der Waals surface area (Å²) in [6, 6.07) is 12.5. The average molecular weight is 463 g/mol. The highest BCUT2D eigenvalue weighted by atomic mass is 16.5. The van der Waals surface area contributed by atoms with Gasteiger partial charge in [0.25, 0.3) is 5.56 Å². The number of nitrogens with zero attached hydrogens (tertiary/aromatic N) is 5. The van der Waals surface area contributed by atoms with E-state index in [9.17, 15) is 4.79 Å². The Morgan fingerprint density at radius 1 is 1.06 bits per heavy atom. The molecule has 5 rings (SSSR count). The summed E-state index contributed by atoms with van der Waals surface area (Å²) in [5.74, 6) is 7.87. The lowest BCUT2D eigenvalue weighted by Gasteiger charge is -2.35. The quantitative estimate of drug-likeness (QED) is 0.426. The molecule has 8 nitrogen and oxygen atoms in total. The van der Waals surface area contributed by atoms with E-state index in [2.05, 4.69) is 34.1 Å². The van der Waals surface area contributed by atoms with E-state index in [0.717, 1.165) is 88.3 Å². The number of hydrogen-bond donors (Lipinski definition) is 1. The molecule has 0 spiro atoms. The number of hydrogen-bond acceptors (Lipinski definition) is 7. The first kappa shape index (κ1) is 22.8. The molecule has 0 saturated carbocycles. The van der Waals surface area contributed by atoms with Gasteiger partial charge in [0.15, 0.2) is 0 Å². The van der Waals surface area contributed by atoms with Crippen molar-refractivity contribution < 1.29 is 4.74 Å². The van der Waals surface area contributed by atoms with Gasteiger partial charge >= 0.3 is 0 Å². The second-order valence-corrected chi connectivity index (χ2v) is 9.33. The number of ether oxygens (including phenoxy) is 1. The second-order valence-electron chi connectivity index (χ2n) is 9.33. The summed E-state index contributed by atoms with van der Waals surface area (Å²) >= 11 is 0. The summed E-state index contributed by atoms with van der Waals surface area (Å²) < 4.78 is 6.73. The van der Waals surface area contributed by atoms with Crippen LogP contribution in [0.5, 0.6) is 0 Å². The van der Waals surface area contributed by atoms with Crippen molar-refractivity contribution in [2.75, 3.05) is 50.6 Å². The first-order valence-corrected chi connectivity index (χ1v) is 12.4. The van der Waals surface area contributed by atoms with Gasteiger partial charge in [0.05, 0.1) is 22.9 Å². The van der Waals surface area contributed by atoms with Crippen LogP contribution in [0.2, 0.25) is 0 Å². The molecule has 0 radical (unpaired) electrons. The van der Waals surface area contributed by atoms with Gasteiger partial charge in [-0.1, -0.05) is 18.2 Å². The lowest BCUT2D eigenvalue weighted by atomic mass is 9.94. The van der Waals surface area contributed by atoms with E-state index in [0.29, 0.717) is 11.4 Å². The summed E-state index contributed by atoms with van der Waals surface area (Å²) in [7, 11) is 1.64. The minimum Gasteiger partial charge on any atom is -0.376 e. The van der Waals surface area contributed by atoms with Crippen LogP contribution in [0.3, 0.4) is 0 Å². The average Bonchev–Trinajstić information content (AvgIpc) is 2.89. The molecule has 34 heavy (non-hydrogen) atoms. The monoisotopic (exact) mass is 462 g/mol. The number of nitrogen functional groups attached to an aromatic ring is 1. The molecular weight excluding hydrogens is 428 g/mol. The Kier molecular flexibility index (Phi) is 6.78. The molecule has 1 unspecified atom stereocenters. The van der Waals surface area contributed by atoms with E-state index >= 15 is 0 Å². The smallest absolute Gasteiger partial charge is 0.277 e. The number of fused-ring (bicyclic) bond motifs is 2. The highest BCUT2D eigenvalue weighted by Gasteiger charge is 2.26. The molecule has 0 bridgehead atoms. The minimum absolute atomic E-state index is 0.148. The normalized spacial score (nSPS) is 18.9. The molecule has 1 aliphatic heterocycles. The lowest BCUT2D eigenvalue weighted by molar-refractivity contribution is 0.0855. The van der Waals surface area contributed by atoms with Gasteiger partial charge in [-0.05, 0) is 56.8 Å². The second kappa shape index (κ2) is 10.1. The van der Waals surface area contributed by atoms with E-state index < -0.39 is 0 Å². The first-order chi connectivity index (χ1) is 16.6. The lowest BCUT2D eigenvalue weighted by Crippen LogP contribution is -2.46. The van der Waals surface area contributed by atoms with E-state index in [-0.39, 0.29) is 11.7 Å². The van der Waals surface area contributed by atoms with Gasteiger partial charge in [0.1, 0.15) is 11.6 Å². The summed E-state index contributed by atoms with van der Waals surface area (Å²) in [5.41, 5.74) is 2.43. The zero-order chi connectivity index (χ0) is 23.5. The number of pyridine rings is 1. The van der Waals surface area contributed by atoms with E-state index in [1.54, 1.807) is 7.11 Å². The molecule has 0 amide bonds. The summed E-state index contributed by atoms with van der Waals surface area (Å²) in [5, 5.41) is 1.18. The molecule has 2 aliphatic rings. The molecule has 1 fully saturated rings. The Bertz CT molecular complexity index is 1200. The number of para-hydroxylation sites is 1. The van der Waals surface area contributed by atoms with Gasteiger partial charge in [-0.15, -0.1) is 0 Å². The highest BCUT2D eigenvalue weighted by Crippen LogP contribution is 2.28. The number of unbranched alkanes of at least 4 members (excludes halogenated alkanes) is 1. The number of rotatable bonds is 7. The molecule has 8 heteroatoms. The number of aryl methyl sites for hydroxylation is 2. The van der Waals surface area contributed by atoms with Gasteiger partial charge in [-0.2, -0.15) is 0 Å². The van der Waals surface area contributed by atoms with Crippen LogP contribution in [0.4, 0.5) is 5.82 Å². The van der Waals surface area contributed by atoms with Crippen LogP contribution in [0, 0.1) is 0 Å². The Labute approximate surface area is 200 Å². The Hall–Kier alpha value is -2.97. The molecule has 1 saturated heterocycles. The van der Waals surface area contributed by atoms with Gasteiger partial charge < -0.3 is 15.5 Å². The predicted octanol–water partition coefficient (Wildman–Crippen LogP) is 2.67. The number of nitrogens with two attached hydrogens (primary N) is 1. The SMILES string of the molecule is COC1CCCc2nc(CCCCN3CCN(c4ccc5ccccc5n4)CC3)n(N)c(=O)c21. The Morgan fingerprint density at radius 3 is 2.71 bits per heavy atom. The molecule has 3 aromatic rings. The molecule has 2 N–H and O–H groups in total. The third kappa shape index (κ3) is 4.65. The molecule has 1 aromatic carbocycles. The fraction of sp³-hybridized carbons (Fsp3) is 0.500. The molecule has 1 atom stereocenters. The van der Waals surface area contributed by atoms with Gasteiger partial charge in [0.2, 0.25) is 0 Å². The largest absolute Gasteiger partial charge is 0.376 e. The van der Waals surface area contributed by atoms with Crippen molar-refractivity contribution in [1.29, 1.82) is 0 Å². The van der Waals surface area contributed by atoms with Crippen LogP contribution in [-0.4, -0.2) is 59.4 Å². The van der Waals surface area contributed by atoms with Crippen LogP contribution in [0.1, 0.15) is 48.9 Å². The summed E-state index contributed by atoms with van der Waals surface area (Å²) in [6.07, 6.45) is 5.23. The van der Waals surface area contributed by atoms with Crippen LogP contribution in [-0.2, 0) is 17.6 Å². The Morgan fingerprint density at radius 2 is 1.88 bits per heavy atom. The Balaban J connectivity index is 1.11. The van der Waals surface area contributed by atoms with Crippen molar-refractivity contribution in [2.45, 2.75) is 44.6 Å². The fourth-order valence-corrected chi connectivity index (χ4v) is 5.22. The summed E-state index contributed by atoms with van der Waals surface area (Å²) in [4.78, 5) is 27.3. The zero-order valence-electron chi connectivity index (χ0n) is 19.9. The van der Waals surface area contributed by atoms with Crippen molar-refractivity contribution in [3.63, 3.8) is 0 Å². The van der Waals surface area contributed by atoms with Crippen LogP contribution in [0.25, 0.3) is 10.9 Å². The third-order valence-electron chi connectivity index (χ3n) is 7.19. The molecule has 3 heterocycles. The van der Waals surface area contributed by atoms with Gasteiger partial charge in [0, 0.05) is 45.1 Å². The van der Waals surface area contributed by atoms with E-state index in [4.69, 9.17) is 20.5 Å². The predicted molar refractivity (Wildman–Crippen MR) is 135 cm³/mol. The maximum atomic E-state index is 12.8. The van der Waals surface area contributed by atoms with Gasteiger partial charge in [-0.3, -0.25) is 9.69 Å². The first-order valence-electron chi connectivity index (χ1n) is 12.4. The minimum atomic E-state index is -0.184. The van der Waals surface area contributed by atoms with Crippen LogP contribution in [0.15, 0.2) is 41.2 Å². The van der Waals surface area contributed by atoms with Crippen molar-refractivity contribution in [3.05, 3.63) is 63.8 Å². The third-order valence-corrected chi connectivity index (χ3v) is 7.19. The maximum Gasteiger partial charge on any atom is 0.277 e. The van der Waals surface area contributed by atoms with E-state index in [1.165, 1.54) is 10.1 Å². The maximum absolute atomic E-state index is 12.8. The van der Waals surface area contributed by atoms with Crippen LogP contribution < -0.4 is 16.3 Å². The number of piperazine rings is 1. The van der Waals surface area contributed by atoms with Crippen molar-refractivity contribution in [3.8, 4) is 0 Å². The van der Waals surface area contributed by atoms with Crippen LogP contribution >= 0.6 is 0 Å². The standard InChI is InChI=1S/C26H34N6O2/c1-34-22-10-6-9-21-25(22)26(33)32(27)24(29-21)11-4-5-14-30-15-17-31(18-16-30)23-13-12-19-7-2-3-8-20(19)28-23/h2-3,7-8,12-13,22H,4-6,9-11,14-18,27H2,1H3. The van der Waals surface area contributed by atoms with Gasteiger partial charge in [-0.25, -0.2) is 14.6 Å².